The van der Waals surface area contributed by atoms with Gasteiger partial charge in [0.05, 0.1) is 16.2 Å². The molecule has 2 aliphatic heterocycles. The van der Waals surface area contributed by atoms with E-state index in [4.69, 9.17) is 17.2 Å². The molecule has 0 spiro atoms. The molecule has 0 N–H and O–H groups in total. The van der Waals surface area contributed by atoms with Crippen LogP contribution in [0.5, 0.6) is 0 Å². The molecule has 10 heteroatoms. The quantitative estimate of drug-likeness (QED) is 0.223. The first-order valence-electron chi connectivity index (χ1n) is 13.0. The van der Waals surface area contributed by atoms with E-state index >= 15 is 0 Å². The highest BCUT2D eigenvalue weighted by molar-refractivity contribution is 8.26. The maximum Gasteiger partial charge on any atom is 0.267 e. The summed E-state index contributed by atoms with van der Waals surface area (Å²) in [6, 6.07) is 12.2. The number of carbonyl (C=O) groups excluding carboxylic acids is 1. The Morgan fingerprint density at radius 3 is 2.50 bits per heavy atom. The van der Waals surface area contributed by atoms with Crippen molar-refractivity contribution in [3.05, 3.63) is 75.3 Å². The molecule has 3 aromatic rings. The summed E-state index contributed by atoms with van der Waals surface area (Å²) in [6.07, 6.45) is 7.52. The van der Waals surface area contributed by atoms with Gasteiger partial charge in [-0.1, -0.05) is 68.4 Å². The summed E-state index contributed by atoms with van der Waals surface area (Å²) < 4.78 is 16.4. The highest BCUT2D eigenvalue weighted by Gasteiger charge is 2.33. The molecule has 2 aliphatic rings. The van der Waals surface area contributed by atoms with Crippen molar-refractivity contribution < 1.29 is 9.18 Å². The zero-order chi connectivity index (χ0) is 26.6. The molecule has 2 aromatic heterocycles. The highest BCUT2D eigenvalue weighted by Crippen LogP contribution is 2.34. The molecule has 0 saturated carbocycles. The fraction of sp³-hybridized carbons (Fsp3) is 0.357. The van der Waals surface area contributed by atoms with Crippen molar-refractivity contribution in [3.63, 3.8) is 0 Å². The van der Waals surface area contributed by atoms with E-state index in [1.807, 2.05) is 21.9 Å². The number of piperazine rings is 1. The number of anilines is 2. The first kappa shape index (κ1) is 26.4. The molecule has 7 nitrogen and oxygen atoms in total. The van der Waals surface area contributed by atoms with Gasteiger partial charge in [-0.15, -0.1) is 0 Å². The lowest BCUT2D eigenvalue weighted by Gasteiger charge is -2.37. The Morgan fingerprint density at radius 1 is 1.00 bits per heavy atom. The Bertz CT molecular complexity index is 1450. The average Bonchev–Trinajstić information content (AvgIpc) is 3.20. The van der Waals surface area contributed by atoms with E-state index in [2.05, 4.69) is 6.92 Å². The van der Waals surface area contributed by atoms with Gasteiger partial charge in [-0.05, 0) is 36.8 Å². The minimum atomic E-state index is -0.250. The summed E-state index contributed by atoms with van der Waals surface area (Å²) in [5.74, 6) is 0.118. The van der Waals surface area contributed by atoms with Gasteiger partial charge in [0.25, 0.3) is 11.5 Å². The monoisotopic (exact) mass is 551 g/mol. The number of pyridine rings is 1. The predicted octanol–water partition coefficient (Wildman–Crippen LogP) is 4.94. The van der Waals surface area contributed by atoms with Crippen LogP contribution in [0.15, 0.2) is 58.4 Å². The number of rotatable bonds is 8. The lowest BCUT2D eigenvalue weighted by atomic mass is 10.2. The van der Waals surface area contributed by atoms with Crippen LogP contribution >= 0.6 is 24.0 Å². The summed E-state index contributed by atoms with van der Waals surface area (Å²) in [5, 5.41) is 0. The third-order valence-electron chi connectivity index (χ3n) is 6.91. The summed E-state index contributed by atoms with van der Waals surface area (Å²) >= 11 is 6.74. The molecule has 0 unspecified atom stereocenters. The van der Waals surface area contributed by atoms with Crippen LogP contribution in [0.1, 0.15) is 38.2 Å². The number of thioether (sulfide) groups is 1. The van der Waals surface area contributed by atoms with E-state index in [1.165, 1.54) is 22.2 Å². The fourth-order valence-corrected chi connectivity index (χ4v) is 6.14. The highest BCUT2D eigenvalue weighted by atomic mass is 32.2. The normalized spacial score (nSPS) is 17.3. The molecular weight excluding hydrogens is 521 g/mol. The number of unbranched alkanes of at least 4 members (excludes halogenated alkanes) is 3. The summed E-state index contributed by atoms with van der Waals surface area (Å²) in [5.41, 5.74) is 1.22. The van der Waals surface area contributed by atoms with Crippen molar-refractivity contribution in [2.75, 3.05) is 42.5 Å². The van der Waals surface area contributed by atoms with Crippen molar-refractivity contribution in [3.8, 4) is 0 Å². The largest absolute Gasteiger partial charge is 0.366 e. The van der Waals surface area contributed by atoms with E-state index in [1.54, 1.807) is 41.4 Å². The minimum absolute atomic E-state index is 0.163. The number of hydrogen-bond acceptors (Lipinski definition) is 7. The first-order chi connectivity index (χ1) is 18.5. The molecule has 2 saturated heterocycles. The van der Waals surface area contributed by atoms with Crippen LogP contribution < -0.4 is 15.4 Å². The topological polar surface area (TPSA) is 61.2 Å². The van der Waals surface area contributed by atoms with Gasteiger partial charge < -0.3 is 9.80 Å². The minimum Gasteiger partial charge on any atom is -0.366 e. The van der Waals surface area contributed by atoms with Gasteiger partial charge in [-0.25, -0.2) is 9.37 Å². The molecule has 5 rings (SSSR count). The van der Waals surface area contributed by atoms with Gasteiger partial charge >= 0.3 is 0 Å². The zero-order valence-electron chi connectivity index (χ0n) is 21.3. The van der Waals surface area contributed by atoms with Crippen LogP contribution in [0.25, 0.3) is 11.7 Å². The Balaban J connectivity index is 1.45. The Morgan fingerprint density at radius 2 is 1.74 bits per heavy atom. The third kappa shape index (κ3) is 5.33. The van der Waals surface area contributed by atoms with Crippen molar-refractivity contribution in [1.82, 2.24) is 14.3 Å². The van der Waals surface area contributed by atoms with Crippen LogP contribution in [0.2, 0.25) is 0 Å². The standard InChI is InChI=1S/C28H30FN5O2S2/c1-2-3-4-8-14-34-27(36)23(38-28(34)37)19-20-25(30-24-12-7-9-13-33(24)26(20)35)32-17-15-31(16-18-32)22-11-6-5-10-21(22)29/h5-7,9-13,19H,2-4,8,14-18H2,1H3/b23-19-. The smallest absolute Gasteiger partial charge is 0.267 e. The summed E-state index contributed by atoms with van der Waals surface area (Å²) in [6.45, 7) is 5.01. The molecule has 0 radical (unpaired) electrons. The molecule has 198 valence electrons. The Hall–Kier alpha value is -3.24. The number of halogens is 1. The molecule has 0 bridgehead atoms. The van der Waals surface area contributed by atoms with E-state index in [9.17, 15) is 14.0 Å². The second kappa shape index (κ2) is 11.7. The van der Waals surface area contributed by atoms with Crippen molar-refractivity contribution in [2.45, 2.75) is 32.6 Å². The van der Waals surface area contributed by atoms with Crippen LogP contribution in [-0.4, -0.2) is 57.2 Å². The number of thiocarbonyl (C=S) groups is 1. The lowest BCUT2D eigenvalue weighted by Crippen LogP contribution is -2.47. The molecule has 2 fully saturated rings. The summed E-state index contributed by atoms with van der Waals surface area (Å²) in [4.78, 5) is 37.8. The maximum absolute atomic E-state index is 14.4. The number of hydrogen-bond donors (Lipinski definition) is 0. The molecule has 0 atom stereocenters. The number of aromatic nitrogens is 2. The van der Waals surface area contributed by atoms with E-state index < -0.39 is 0 Å². The molecule has 1 amide bonds. The molecule has 4 heterocycles. The van der Waals surface area contributed by atoms with E-state index in [0.717, 1.165) is 25.7 Å². The van der Waals surface area contributed by atoms with Crippen molar-refractivity contribution >= 4 is 57.4 Å². The van der Waals surface area contributed by atoms with Gasteiger partial charge in [0.1, 0.15) is 21.6 Å². The number of benzene rings is 1. The fourth-order valence-electron chi connectivity index (χ4n) is 4.85. The SMILES string of the molecule is CCCCCCN1C(=O)/C(=C/c2c(N3CCN(c4ccccc4F)CC3)nc3ccccn3c2=O)SC1=S. The van der Waals surface area contributed by atoms with Crippen LogP contribution in [0.3, 0.4) is 0 Å². The molecule has 1 aromatic carbocycles. The van der Waals surface area contributed by atoms with E-state index in [-0.39, 0.29) is 17.3 Å². The second-order valence-electron chi connectivity index (χ2n) is 9.40. The second-order valence-corrected chi connectivity index (χ2v) is 11.1. The van der Waals surface area contributed by atoms with Gasteiger partial charge in [0.15, 0.2) is 0 Å². The van der Waals surface area contributed by atoms with Crippen molar-refractivity contribution in [2.24, 2.45) is 0 Å². The first-order valence-corrected chi connectivity index (χ1v) is 14.2. The zero-order valence-corrected chi connectivity index (χ0v) is 22.9. The number of fused-ring (bicyclic) bond motifs is 1. The van der Waals surface area contributed by atoms with Gasteiger partial charge in [-0.3, -0.25) is 18.9 Å². The average molecular weight is 552 g/mol. The molecule has 38 heavy (non-hydrogen) atoms. The number of amides is 1. The van der Waals surface area contributed by atoms with Crippen LogP contribution in [0.4, 0.5) is 15.9 Å². The van der Waals surface area contributed by atoms with Gasteiger partial charge in [-0.2, -0.15) is 0 Å². The number of carbonyl (C=O) groups is 1. The molecular formula is C28H30FN5O2S2. The van der Waals surface area contributed by atoms with Crippen LogP contribution in [-0.2, 0) is 4.79 Å². The van der Waals surface area contributed by atoms with Crippen molar-refractivity contribution in [1.29, 1.82) is 0 Å². The number of para-hydroxylation sites is 1. The molecule has 0 aliphatic carbocycles. The van der Waals surface area contributed by atoms with Gasteiger partial charge in [0, 0.05) is 38.9 Å². The Kier molecular flexibility index (Phi) is 8.09. The number of nitrogens with zero attached hydrogens (tertiary/aromatic N) is 5. The Labute approximate surface area is 230 Å². The maximum atomic E-state index is 14.4. The lowest BCUT2D eigenvalue weighted by molar-refractivity contribution is -0.122. The van der Waals surface area contributed by atoms with E-state index in [0.29, 0.717) is 64.7 Å². The summed E-state index contributed by atoms with van der Waals surface area (Å²) in [7, 11) is 0. The predicted molar refractivity (Wildman–Crippen MR) is 156 cm³/mol. The third-order valence-corrected chi connectivity index (χ3v) is 8.28. The van der Waals surface area contributed by atoms with Gasteiger partial charge in [0.2, 0.25) is 0 Å². The van der Waals surface area contributed by atoms with Crippen LogP contribution in [0, 0.1) is 5.82 Å².